The molecule has 20 heavy (non-hydrogen) atoms. The zero-order valence-corrected chi connectivity index (χ0v) is 11.4. The van der Waals surface area contributed by atoms with Gasteiger partial charge in [-0.05, 0) is 37.0 Å². The molecule has 6 heteroatoms. The van der Waals surface area contributed by atoms with Crippen molar-refractivity contribution in [2.24, 2.45) is 5.92 Å². The molecular weight excluding hydrogens is 263 g/mol. The molecule has 2 rings (SSSR count). The maximum atomic E-state index is 13.2. The third-order valence-corrected chi connectivity index (χ3v) is 3.66. The van der Waals surface area contributed by atoms with Gasteiger partial charge in [-0.2, -0.15) is 0 Å². The first-order valence-corrected chi connectivity index (χ1v) is 6.46. The number of anilines is 1. The number of rotatable bonds is 2. The predicted octanol–water partition coefficient (Wildman–Crippen LogP) is 2.46. The van der Waals surface area contributed by atoms with Crippen molar-refractivity contribution in [3.8, 4) is 0 Å². The van der Waals surface area contributed by atoms with E-state index in [1.807, 2.05) is 0 Å². The van der Waals surface area contributed by atoms with Crippen LogP contribution in [0.1, 0.15) is 18.9 Å². The molecule has 0 bridgehead atoms. The van der Waals surface area contributed by atoms with Crippen molar-refractivity contribution >= 4 is 17.7 Å². The Bertz CT molecular complexity index is 547. The minimum Gasteiger partial charge on any atom is -0.480 e. The van der Waals surface area contributed by atoms with E-state index < -0.39 is 23.9 Å². The van der Waals surface area contributed by atoms with Gasteiger partial charge in [-0.1, -0.05) is 13.0 Å². The summed E-state index contributed by atoms with van der Waals surface area (Å²) in [6, 6.07) is 2.76. The zero-order chi connectivity index (χ0) is 14.9. The molecule has 1 fully saturated rings. The van der Waals surface area contributed by atoms with E-state index in [1.54, 1.807) is 19.9 Å². The molecule has 0 saturated carbocycles. The number of aliphatic carboxylic acids is 1. The Balaban J connectivity index is 2.16. The maximum absolute atomic E-state index is 13.2. The minimum absolute atomic E-state index is 0.0909. The van der Waals surface area contributed by atoms with Crippen LogP contribution in [0, 0.1) is 18.7 Å². The molecule has 2 unspecified atom stereocenters. The lowest BCUT2D eigenvalue weighted by molar-refractivity contribution is -0.142. The van der Waals surface area contributed by atoms with E-state index in [2.05, 4.69) is 5.32 Å². The van der Waals surface area contributed by atoms with Crippen LogP contribution >= 0.6 is 0 Å². The fourth-order valence-electron chi connectivity index (χ4n) is 2.47. The Morgan fingerprint density at radius 3 is 2.80 bits per heavy atom. The number of aryl methyl sites for hydroxylation is 1. The average Bonchev–Trinajstić information content (AvgIpc) is 2.76. The standard InChI is InChI=1S/C14H17FN2O3/c1-8-3-4-10(15)7-11(8)16-14(20)17-6-5-9(2)12(17)13(18)19/h3-4,7,9,12H,5-6H2,1-2H3,(H,16,20)(H,18,19). The lowest BCUT2D eigenvalue weighted by Gasteiger charge is -2.24. The van der Waals surface area contributed by atoms with Gasteiger partial charge in [0.1, 0.15) is 11.9 Å². The van der Waals surface area contributed by atoms with Gasteiger partial charge in [0.25, 0.3) is 0 Å². The third-order valence-electron chi connectivity index (χ3n) is 3.66. The second-order valence-electron chi connectivity index (χ2n) is 5.13. The van der Waals surface area contributed by atoms with Gasteiger partial charge in [-0.25, -0.2) is 14.0 Å². The van der Waals surface area contributed by atoms with Crippen molar-refractivity contribution < 1.29 is 19.1 Å². The summed E-state index contributed by atoms with van der Waals surface area (Å²) in [5.74, 6) is -1.55. The molecule has 0 aromatic heterocycles. The number of carboxylic acids is 1. The normalized spacial score (nSPS) is 21.9. The van der Waals surface area contributed by atoms with Crippen LogP contribution in [0.4, 0.5) is 14.9 Å². The van der Waals surface area contributed by atoms with Crippen LogP contribution in [0.15, 0.2) is 18.2 Å². The van der Waals surface area contributed by atoms with Crippen molar-refractivity contribution in [1.29, 1.82) is 0 Å². The molecule has 1 aromatic carbocycles. The average molecular weight is 280 g/mol. The third kappa shape index (κ3) is 2.74. The number of amides is 2. The molecule has 2 atom stereocenters. The summed E-state index contributed by atoms with van der Waals surface area (Å²) in [5, 5.41) is 11.8. The number of nitrogens with one attached hydrogen (secondary N) is 1. The van der Waals surface area contributed by atoms with Crippen molar-refractivity contribution in [2.45, 2.75) is 26.3 Å². The molecule has 1 heterocycles. The van der Waals surface area contributed by atoms with Crippen molar-refractivity contribution in [3.05, 3.63) is 29.6 Å². The molecule has 2 amide bonds. The summed E-state index contributed by atoms with van der Waals surface area (Å²) in [4.78, 5) is 24.7. The number of carbonyl (C=O) groups excluding carboxylic acids is 1. The molecule has 0 aliphatic carbocycles. The molecule has 1 aliphatic rings. The first-order valence-electron chi connectivity index (χ1n) is 6.46. The first-order chi connectivity index (χ1) is 9.40. The second-order valence-corrected chi connectivity index (χ2v) is 5.13. The quantitative estimate of drug-likeness (QED) is 0.874. The fraction of sp³-hybridized carbons (Fsp3) is 0.429. The van der Waals surface area contributed by atoms with E-state index in [4.69, 9.17) is 0 Å². The van der Waals surface area contributed by atoms with Gasteiger partial charge in [0.2, 0.25) is 0 Å². The van der Waals surface area contributed by atoms with Gasteiger partial charge >= 0.3 is 12.0 Å². The van der Waals surface area contributed by atoms with Crippen LogP contribution in [-0.2, 0) is 4.79 Å². The highest BCUT2D eigenvalue weighted by Crippen LogP contribution is 2.25. The smallest absolute Gasteiger partial charge is 0.326 e. The van der Waals surface area contributed by atoms with Gasteiger partial charge in [-0.15, -0.1) is 0 Å². The number of halogens is 1. The summed E-state index contributed by atoms with van der Waals surface area (Å²) in [6.07, 6.45) is 0.645. The number of carboxylic acid groups (broad SMARTS) is 1. The summed E-state index contributed by atoms with van der Waals surface area (Å²) >= 11 is 0. The summed E-state index contributed by atoms with van der Waals surface area (Å²) in [7, 11) is 0. The molecule has 0 spiro atoms. The SMILES string of the molecule is Cc1ccc(F)cc1NC(=O)N1CCC(C)C1C(=O)O. The van der Waals surface area contributed by atoms with E-state index in [-0.39, 0.29) is 5.92 Å². The van der Waals surface area contributed by atoms with E-state index in [0.29, 0.717) is 18.7 Å². The predicted molar refractivity (Wildman–Crippen MR) is 72.1 cm³/mol. The maximum Gasteiger partial charge on any atom is 0.326 e. The number of hydrogen-bond donors (Lipinski definition) is 2. The number of benzene rings is 1. The number of nitrogens with zero attached hydrogens (tertiary/aromatic N) is 1. The largest absolute Gasteiger partial charge is 0.480 e. The topological polar surface area (TPSA) is 69.6 Å². The Kier molecular flexibility index (Phi) is 3.92. The van der Waals surface area contributed by atoms with E-state index in [1.165, 1.54) is 17.0 Å². The van der Waals surface area contributed by atoms with E-state index in [9.17, 15) is 19.1 Å². The van der Waals surface area contributed by atoms with Gasteiger partial charge in [0, 0.05) is 12.2 Å². The Hall–Kier alpha value is -2.11. The van der Waals surface area contributed by atoms with E-state index in [0.717, 1.165) is 5.56 Å². The highest BCUT2D eigenvalue weighted by atomic mass is 19.1. The molecule has 2 N–H and O–H groups in total. The molecular formula is C14H17FN2O3. The van der Waals surface area contributed by atoms with Crippen LogP contribution in [0.2, 0.25) is 0 Å². The summed E-state index contributed by atoms with van der Waals surface area (Å²) in [5.41, 5.74) is 1.08. The van der Waals surface area contributed by atoms with Crippen molar-refractivity contribution in [2.75, 3.05) is 11.9 Å². The van der Waals surface area contributed by atoms with Crippen LogP contribution < -0.4 is 5.32 Å². The molecule has 0 radical (unpaired) electrons. The Morgan fingerprint density at radius 2 is 2.15 bits per heavy atom. The molecule has 1 saturated heterocycles. The van der Waals surface area contributed by atoms with Crippen molar-refractivity contribution in [1.82, 2.24) is 4.90 Å². The van der Waals surface area contributed by atoms with Crippen LogP contribution in [0.25, 0.3) is 0 Å². The van der Waals surface area contributed by atoms with Crippen LogP contribution in [-0.4, -0.2) is 34.6 Å². The zero-order valence-electron chi connectivity index (χ0n) is 11.4. The highest BCUT2D eigenvalue weighted by molar-refractivity contribution is 5.93. The lowest BCUT2D eigenvalue weighted by atomic mass is 10.0. The fourth-order valence-corrected chi connectivity index (χ4v) is 2.47. The van der Waals surface area contributed by atoms with Gasteiger partial charge in [-0.3, -0.25) is 0 Å². The number of urea groups is 1. The highest BCUT2D eigenvalue weighted by Gasteiger charge is 2.39. The van der Waals surface area contributed by atoms with Gasteiger partial charge < -0.3 is 15.3 Å². The van der Waals surface area contributed by atoms with Crippen molar-refractivity contribution in [3.63, 3.8) is 0 Å². The van der Waals surface area contributed by atoms with E-state index >= 15 is 0 Å². The summed E-state index contributed by atoms with van der Waals surface area (Å²) < 4.78 is 13.2. The lowest BCUT2D eigenvalue weighted by Crippen LogP contribution is -2.44. The molecule has 1 aromatic rings. The number of carbonyl (C=O) groups is 2. The Labute approximate surface area is 116 Å². The summed E-state index contributed by atoms with van der Waals surface area (Å²) in [6.45, 7) is 3.94. The number of hydrogen-bond acceptors (Lipinski definition) is 2. The Morgan fingerprint density at radius 1 is 1.45 bits per heavy atom. The van der Waals surface area contributed by atoms with Gasteiger partial charge in [0.05, 0.1) is 0 Å². The second kappa shape index (κ2) is 5.48. The first kappa shape index (κ1) is 14.3. The minimum atomic E-state index is -1.01. The number of likely N-dealkylation sites (tertiary alicyclic amines) is 1. The van der Waals surface area contributed by atoms with Crippen LogP contribution in [0.5, 0.6) is 0 Å². The monoisotopic (exact) mass is 280 g/mol. The van der Waals surface area contributed by atoms with Gasteiger partial charge in [0.15, 0.2) is 0 Å². The molecule has 5 nitrogen and oxygen atoms in total. The molecule has 1 aliphatic heterocycles. The van der Waals surface area contributed by atoms with Crippen LogP contribution in [0.3, 0.4) is 0 Å². The molecule has 108 valence electrons.